The van der Waals surface area contributed by atoms with Crippen LogP contribution in [0.3, 0.4) is 0 Å². The molecule has 3 heterocycles. The standard InChI is InChI=1S/C23H25N5O5/c24-14-2-3-17-18(9-14)27-20(26-17)13-1-4-19(25-12-13)28-7-5-15(6-8-28)33-16-10-23(11-16,21(29)30)22(31)32/h1-4,9,12,15-16H,5-8,10-11,24H2,(H,26,27)(H,29,30)(H,31,32). The van der Waals surface area contributed by atoms with Crippen molar-refractivity contribution < 1.29 is 24.5 Å². The minimum Gasteiger partial charge on any atom is -0.480 e. The Bertz CT molecular complexity index is 1180. The number of aliphatic carboxylic acids is 2. The number of aromatic amines is 1. The molecule has 0 bridgehead atoms. The van der Waals surface area contributed by atoms with Gasteiger partial charge in [0.25, 0.3) is 0 Å². The van der Waals surface area contributed by atoms with Crippen LogP contribution in [0.2, 0.25) is 0 Å². The summed E-state index contributed by atoms with van der Waals surface area (Å²) in [6.45, 7) is 1.52. The van der Waals surface area contributed by atoms with Gasteiger partial charge in [-0.3, -0.25) is 9.59 Å². The predicted octanol–water partition coefficient (Wildman–Crippen LogP) is 2.51. The number of carbonyl (C=O) groups is 2. The number of carboxylic acid groups (broad SMARTS) is 2. The van der Waals surface area contributed by atoms with Gasteiger partial charge < -0.3 is 30.6 Å². The molecule has 1 saturated heterocycles. The molecule has 0 radical (unpaired) electrons. The number of hydrogen-bond acceptors (Lipinski definition) is 7. The average Bonchev–Trinajstić information content (AvgIpc) is 3.19. The monoisotopic (exact) mass is 451 g/mol. The molecule has 172 valence electrons. The van der Waals surface area contributed by atoms with Gasteiger partial charge in [-0.2, -0.15) is 0 Å². The fourth-order valence-corrected chi connectivity index (χ4v) is 4.62. The largest absolute Gasteiger partial charge is 0.480 e. The first kappa shape index (κ1) is 21.2. The minimum atomic E-state index is -1.69. The fraction of sp³-hybridized carbons (Fsp3) is 0.391. The number of carboxylic acids is 2. The van der Waals surface area contributed by atoms with Crippen molar-refractivity contribution in [1.29, 1.82) is 0 Å². The molecule has 1 aromatic carbocycles. The molecule has 5 N–H and O–H groups in total. The van der Waals surface area contributed by atoms with E-state index >= 15 is 0 Å². The molecule has 5 rings (SSSR count). The Morgan fingerprint density at radius 3 is 2.45 bits per heavy atom. The Labute approximate surface area is 189 Å². The van der Waals surface area contributed by atoms with Gasteiger partial charge in [0.1, 0.15) is 11.6 Å². The third-order valence-corrected chi connectivity index (χ3v) is 6.65. The number of rotatable bonds is 6. The van der Waals surface area contributed by atoms with Gasteiger partial charge in [-0.25, -0.2) is 9.97 Å². The van der Waals surface area contributed by atoms with E-state index in [4.69, 9.17) is 10.5 Å². The number of fused-ring (bicyclic) bond motifs is 1. The Morgan fingerprint density at radius 1 is 1.09 bits per heavy atom. The number of H-pyrrole nitrogens is 1. The number of nitrogens with two attached hydrogens (primary N) is 1. The number of piperidine rings is 1. The molecule has 1 aliphatic heterocycles. The van der Waals surface area contributed by atoms with Crippen molar-refractivity contribution in [3.8, 4) is 11.4 Å². The lowest BCUT2D eigenvalue weighted by atomic mass is 9.66. The molecule has 10 nitrogen and oxygen atoms in total. The maximum atomic E-state index is 11.3. The summed E-state index contributed by atoms with van der Waals surface area (Å²) in [7, 11) is 0. The number of ether oxygens (including phenoxy) is 1. The highest BCUT2D eigenvalue weighted by Crippen LogP contribution is 2.44. The zero-order valence-electron chi connectivity index (χ0n) is 17.9. The van der Waals surface area contributed by atoms with Gasteiger partial charge in [-0.05, 0) is 43.2 Å². The maximum Gasteiger partial charge on any atom is 0.321 e. The lowest BCUT2D eigenvalue weighted by molar-refractivity contribution is -0.189. The van der Waals surface area contributed by atoms with Crippen LogP contribution in [0, 0.1) is 5.41 Å². The smallest absolute Gasteiger partial charge is 0.321 e. The Hall–Kier alpha value is -3.66. The van der Waals surface area contributed by atoms with E-state index in [1.54, 1.807) is 6.20 Å². The molecule has 0 atom stereocenters. The summed E-state index contributed by atoms with van der Waals surface area (Å²) in [5.74, 6) is -0.963. The van der Waals surface area contributed by atoms with E-state index in [0.717, 1.165) is 54.2 Å². The van der Waals surface area contributed by atoms with E-state index in [9.17, 15) is 19.8 Å². The highest BCUT2D eigenvalue weighted by Gasteiger charge is 2.57. The predicted molar refractivity (Wildman–Crippen MR) is 121 cm³/mol. The van der Waals surface area contributed by atoms with Crippen LogP contribution >= 0.6 is 0 Å². The van der Waals surface area contributed by atoms with E-state index in [-0.39, 0.29) is 25.0 Å². The molecule has 1 saturated carbocycles. The Morgan fingerprint density at radius 2 is 1.82 bits per heavy atom. The summed E-state index contributed by atoms with van der Waals surface area (Å²) in [6, 6.07) is 9.51. The van der Waals surface area contributed by atoms with Crippen molar-refractivity contribution in [3.05, 3.63) is 36.5 Å². The van der Waals surface area contributed by atoms with E-state index in [1.807, 2.05) is 30.3 Å². The first-order chi connectivity index (χ1) is 15.8. The van der Waals surface area contributed by atoms with Crippen molar-refractivity contribution in [2.75, 3.05) is 23.7 Å². The van der Waals surface area contributed by atoms with Gasteiger partial charge in [-0.1, -0.05) is 0 Å². The summed E-state index contributed by atoms with van der Waals surface area (Å²) >= 11 is 0. The SMILES string of the molecule is Nc1ccc2nc(-c3ccc(N4CCC(OC5CC(C(=O)O)(C(=O)O)C5)CC4)nc3)[nH]c2c1. The van der Waals surface area contributed by atoms with Crippen LogP contribution in [-0.2, 0) is 14.3 Å². The zero-order valence-corrected chi connectivity index (χ0v) is 17.9. The quantitative estimate of drug-likeness (QED) is 0.327. The van der Waals surface area contributed by atoms with Crippen molar-refractivity contribution in [1.82, 2.24) is 15.0 Å². The number of anilines is 2. The van der Waals surface area contributed by atoms with E-state index in [2.05, 4.69) is 19.9 Å². The molecule has 2 fully saturated rings. The van der Waals surface area contributed by atoms with Gasteiger partial charge in [0.15, 0.2) is 5.41 Å². The van der Waals surface area contributed by atoms with Crippen LogP contribution < -0.4 is 10.6 Å². The molecule has 3 aromatic rings. The molecule has 0 amide bonds. The zero-order chi connectivity index (χ0) is 23.2. The molecular formula is C23H25N5O5. The second-order valence-corrected chi connectivity index (χ2v) is 8.81. The van der Waals surface area contributed by atoms with Gasteiger partial charge >= 0.3 is 11.9 Å². The topological polar surface area (TPSA) is 155 Å². The summed E-state index contributed by atoms with van der Waals surface area (Å²) in [5.41, 5.74) is 7.44. The average molecular weight is 451 g/mol. The third kappa shape index (κ3) is 3.86. The van der Waals surface area contributed by atoms with E-state index < -0.39 is 17.4 Å². The van der Waals surface area contributed by atoms with Gasteiger partial charge in [-0.15, -0.1) is 0 Å². The second kappa shape index (κ2) is 8.04. The summed E-state index contributed by atoms with van der Waals surface area (Å²) in [4.78, 5) is 37.2. The van der Waals surface area contributed by atoms with Gasteiger partial charge in [0, 0.05) is 43.4 Å². The maximum absolute atomic E-state index is 11.3. The minimum absolute atomic E-state index is 0.00547. The van der Waals surface area contributed by atoms with Crippen LogP contribution in [0.25, 0.3) is 22.4 Å². The Kier molecular flexibility index (Phi) is 5.16. The van der Waals surface area contributed by atoms with Crippen LogP contribution in [0.15, 0.2) is 36.5 Å². The molecule has 10 heteroatoms. The summed E-state index contributed by atoms with van der Waals surface area (Å²) < 4.78 is 5.99. The molecule has 33 heavy (non-hydrogen) atoms. The number of nitrogens with one attached hydrogen (secondary N) is 1. The summed E-state index contributed by atoms with van der Waals surface area (Å²) in [5, 5.41) is 18.4. The molecule has 1 aliphatic carbocycles. The van der Waals surface area contributed by atoms with Crippen LogP contribution in [0.1, 0.15) is 25.7 Å². The number of benzene rings is 1. The second-order valence-electron chi connectivity index (χ2n) is 8.81. The lowest BCUT2D eigenvalue weighted by Crippen LogP contribution is -2.54. The van der Waals surface area contributed by atoms with E-state index in [1.165, 1.54) is 0 Å². The van der Waals surface area contributed by atoms with Gasteiger partial charge in [0.05, 0.1) is 23.2 Å². The number of nitrogens with zero attached hydrogens (tertiary/aromatic N) is 3. The van der Waals surface area contributed by atoms with Crippen LogP contribution in [0.5, 0.6) is 0 Å². The van der Waals surface area contributed by atoms with Crippen molar-refractivity contribution >= 4 is 34.5 Å². The van der Waals surface area contributed by atoms with E-state index in [0.29, 0.717) is 5.69 Å². The fourth-order valence-electron chi connectivity index (χ4n) is 4.62. The summed E-state index contributed by atoms with van der Waals surface area (Å²) in [6.07, 6.45) is 3.07. The normalized spacial score (nSPS) is 18.8. The third-order valence-electron chi connectivity index (χ3n) is 6.65. The lowest BCUT2D eigenvalue weighted by Gasteiger charge is -2.43. The molecule has 0 unspecified atom stereocenters. The first-order valence-corrected chi connectivity index (χ1v) is 10.9. The first-order valence-electron chi connectivity index (χ1n) is 10.9. The Balaban J connectivity index is 1.16. The van der Waals surface area contributed by atoms with Crippen LogP contribution in [0.4, 0.5) is 11.5 Å². The molecule has 0 spiro atoms. The number of hydrogen-bond donors (Lipinski definition) is 4. The molecule has 2 aromatic heterocycles. The van der Waals surface area contributed by atoms with Crippen molar-refractivity contribution in [2.45, 2.75) is 37.9 Å². The highest BCUT2D eigenvalue weighted by atomic mass is 16.5. The number of aromatic nitrogens is 3. The molecule has 2 aliphatic rings. The highest BCUT2D eigenvalue weighted by molar-refractivity contribution is 5.99. The number of imidazole rings is 1. The van der Waals surface area contributed by atoms with Crippen molar-refractivity contribution in [3.63, 3.8) is 0 Å². The van der Waals surface area contributed by atoms with Gasteiger partial charge in [0.2, 0.25) is 0 Å². The van der Waals surface area contributed by atoms with Crippen molar-refractivity contribution in [2.24, 2.45) is 5.41 Å². The number of nitrogen functional groups attached to an aromatic ring is 1. The number of pyridine rings is 1. The van der Waals surface area contributed by atoms with Crippen LogP contribution in [-0.4, -0.2) is 62.4 Å². The molecular weight excluding hydrogens is 426 g/mol.